The molecule has 0 unspecified atom stereocenters. The fourth-order valence-corrected chi connectivity index (χ4v) is 2.55. The van der Waals surface area contributed by atoms with E-state index in [0.29, 0.717) is 6.42 Å². The molecule has 3 heteroatoms. The van der Waals surface area contributed by atoms with Crippen LogP contribution in [0, 0.1) is 0 Å². The lowest BCUT2D eigenvalue weighted by atomic mass is 10.0. The van der Waals surface area contributed by atoms with Crippen LogP contribution in [-0.2, 0) is 12.8 Å². The van der Waals surface area contributed by atoms with Crippen molar-refractivity contribution in [2.24, 2.45) is 0 Å². The molecule has 0 aromatic heterocycles. The number of rotatable bonds is 5. The number of hydrogen-bond acceptors (Lipinski definition) is 3. The van der Waals surface area contributed by atoms with E-state index in [1.807, 2.05) is 42.5 Å². The van der Waals surface area contributed by atoms with Gasteiger partial charge in [-0.3, -0.25) is 4.79 Å². The van der Waals surface area contributed by atoms with Crippen LogP contribution in [0.15, 0.2) is 42.5 Å². The first-order valence-corrected chi connectivity index (χ1v) is 7.18. The van der Waals surface area contributed by atoms with Gasteiger partial charge in [0.05, 0.1) is 13.7 Å². The lowest BCUT2D eigenvalue weighted by Crippen LogP contribution is -2.01. The van der Waals surface area contributed by atoms with E-state index in [-0.39, 0.29) is 5.78 Å². The third-order valence-electron chi connectivity index (χ3n) is 3.81. The number of ether oxygens (including phenoxy) is 2. The van der Waals surface area contributed by atoms with Gasteiger partial charge in [0, 0.05) is 18.4 Å². The topological polar surface area (TPSA) is 35.5 Å². The Hall–Kier alpha value is -2.29. The minimum Gasteiger partial charge on any atom is -0.497 e. The van der Waals surface area contributed by atoms with E-state index >= 15 is 0 Å². The van der Waals surface area contributed by atoms with Crippen LogP contribution in [0.5, 0.6) is 11.5 Å². The number of Topliss-reactive ketones (excluding diaryl/α,β-unsaturated/α-hetero) is 1. The number of hydrogen-bond donors (Lipinski definition) is 0. The van der Waals surface area contributed by atoms with Crippen molar-refractivity contribution >= 4 is 5.78 Å². The second kappa shape index (κ2) is 6.00. The molecule has 2 aromatic carbocycles. The molecule has 2 aromatic rings. The minimum absolute atomic E-state index is 0.181. The van der Waals surface area contributed by atoms with Crippen molar-refractivity contribution in [1.29, 1.82) is 0 Å². The highest BCUT2D eigenvalue weighted by Crippen LogP contribution is 2.26. The molecule has 108 valence electrons. The fraction of sp³-hybridized carbons (Fsp3) is 0.278. The van der Waals surface area contributed by atoms with E-state index in [1.165, 1.54) is 0 Å². The zero-order chi connectivity index (χ0) is 14.7. The van der Waals surface area contributed by atoms with Crippen molar-refractivity contribution in [3.05, 3.63) is 59.2 Å². The third-order valence-corrected chi connectivity index (χ3v) is 3.81. The molecule has 0 radical (unpaired) electrons. The molecule has 0 amide bonds. The van der Waals surface area contributed by atoms with Crippen molar-refractivity contribution in [1.82, 2.24) is 0 Å². The highest BCUT2D eigenvalue weighted by atomic mass is 16.5. The number of methoxy groups -OCH3 is 1. The SMILES string of the molecule is COc1ccc(CCC(=O)c2ccc3c(c2)CCO3)cc1. The molecule has 0 saturated heterocycles. The predicted molar refractivity (Wildman–Crippen MR) is 81.3 cm³/mol. The molecule has 0 atom stereocenters. The van der Waals surface area contributed by atoms with Crippen molar-refractivity contribution in [3.63, 3.8) is 0 Å². The summed E-state index contributed by atoms with van der Waals surface area (Å²) in [4.78, 5) is 12.3. The van der Waals surface area contributed by atoms with E-state index in [9.17, 15) is 4.79 Å². The monoisotopic (exact) mass is 282 g/mol. The van der Waals surface area contributed by atoms with Gasteiger partial charge in [-0.05, 0) is 47.9 Å². The Balaban J connectivity index is 1.63. The number of ketones is 1. The minimum atomic E-state index is 0.181. The molecule has 21 heavy (non-hydrogen) atoms. The van der Waals surface area contributed by atoms with E-state index < -0.39 is 0 Å². The molecular weight excluding hydrogens is 264 g/mol. The largest absolute Gasteiger partial charge is 0.497 e. The summed E-state index contributed by atoms with van der Waals surface area (Å²) in [5.74, 6) is 1.94. The van der Waals surface area contributed by atoms with E-state index in [2.05, 4.69) is 0 Å². The Bertz CT molecular complexity index is 644. The van der Waals surface area contributed by atoms with Crippen LogP contribution in [0.1, 0.15) is 27.9 Å². The van der Waals surface area contributed by atoms with Gasteiger partial charge in [0.2, 0.25) is 0 Å². The molecular formula is C18H18O3. The molecule has 3 nitrogen and oxygen atoms in total. The van der Waals surface area contributed by atoms with Crippen LogP contribution in [-0.4, -0.2) is 19.5 Å². The highest BCUT2D eigenvalue weighted by Gasteiger charge is 2.14. The standard InChI is InChI=1S/C18H18O3/c1-20-16-6-2-13(3-7-16)4-8-17(19)14-5-9-18-15(12-14)10-11-21-18/h2-3,5-7,9,12H,4,8,10-11H2,1H3. The van der Waals surface area contributed by atoms with Gasteiger partial charge in [-0.15, -0.1) is 0 Å². The van der Waals surface area contributed by atoms with Gasteiger partial charge < -0.3 is 9.47 Å². The maximum Gasteiger partial charge on any atom is 0.163 e. The van der Waals surface area contributed by atoms with Crippen LogP contribution in [0.4, 0.5) is 0 Å². The van der Waals surface area contributed by atoms with Crippen molar-refractivity contribution in [2.45, 2.75) is 19.3 Å². The van der Waals surface area contributed by atoms with Gasteiger partial charge in [-0.1, -0.05) is 12.1 Å². The first-order valence-electron chi connectivity index (χ1n) is 7.18. The van der Waals surface area contributed by atoms with Crippen molar-refractivity contribution in [2.75, 3.05) is 13.7 Å². The van der Waals surface area contributed by atoms with Gasteiger partial charge >= 0.3 is 0 Å². The predicted octanol–water partition coefficient (Wildman–Crippen LogP) is 3.45. The molecule has 0 bridgehead atoms. The average molecular weight is 282 g/mol. The molecule has 1 aliphatic rings. The van der Waals surface area contributed by atoms with Gasteiger partial charge in [0.15, 0.2) is 5.78 Å². The summed E-state index contributed by atoms with van der Waals surface area (Å²) < 4.78 is 10.6. The molecule has 0 saturated carbocycles. The summed E-state index contributed by atoms with van der Waals surface area (Å²) in [6, 6.07) is 13.6. The molecule has 0 spiro atoms. The summed E-state index contributed by atoms with van der Waals surface area (Å²) in [7, 11) is 1.65. The number of benzene rings is 2. The summed E-state index contributed by atoms with van der Waals surface area (Å²) >= 11 is 0. The summed E-state index contributed by atoms with van der Waals surface area (Å²) in [5.41, 5.74) is 3.08. The van der Waals surface area contributed by atoms with Crippen LogP contribution < -0.4 is 9.47 Å². The van der Waals surface area contributed by atoms with Gasteiger partial charge in [-0.25, -0.2) is 0 Å². The molecule has 1 aliphatic heterocycles. The quantitative estimate of drug-likeness (QED) is 0.788. The first-order chi connectivity index (χ1) is 10.3. The maximum atomic E-state index is 12.3. The van der Waals surface area contributed by atoms with Gasteiger partial charge in [-0.2, -0.15) is 0 Å². The zero-order valence-electron chi connectivity index (χ0n) is 12.1. The first kappa shape index (κ1) is 13.7. The zero-order valence-corrected chi connectivity index (χ0v) is 12.1. The van der Waals surface area contributed by atoms with E-state index in [1.54, 1.807) is 7.11 Å². The summed E-state index contributed by atoms with van der Waals surface area (Å²) in [6.07, 6.45) is 2.16. The van der Waals surface area contributed by atoms with Gasteiger partial charge in [0.25, 0.3) is 0 Å². The Morgan fingerprint density at radius 1 is 1.19 bits per heavy atom. The summed E-state index contributed by atoms with van der Waals surface area (Å²) in [6.45, 7) is 0.721. The second-order valence-corrected chi connectivity index (χ2v) is 5.19. The Kier molecular flexibility index (Phi) is 3.91. The smallest absolute Gasteiger partial charge is 0.163 e. The Morgan fingerprint density at radius 2 is 2.00 bits per heavy atom. The van der Waals surface area contributed by atoms with Crippen molar-refractivity contribution in [3.8, 4) is 11.5 Å². The molecule has 3 rings (SSSR count). The number of aryl methyl sites for hydroxylation is 1. The number of fused-ring (bicyclic) bond motifs is 1. The van der Waals surface area contributed by atoms with Gasteiger partial charge in [0.1, 0.15) is 11.5 Å². The van der Waals surface area contributed by atoms with Crippen LogP contribution in [0.25, 0.3) is 0 Å². The Labute approximate surface area is 124 Å². The molecule has 1 heterocycles. The van der Waals surface area contributed by atoms with E-state index in [4.69, 9.17) is 9.47 Å². The third kappa shape index (κ3) is 3.07. The number of carbonyl (C=O) groups is 1. The van der Waals surface area contributed by atoms with E-state index in [0.717, 1.165) is 47.6 Å². The highest BCUT2D eigenvalue weighted by molar-refractivity contribution is 5.96. The molecule has 0 fully saturated rings. The number of carbonyl (C=O) groups excluding carboxylic acids is 1. The fourth-order valence-electron chi connectivity index (χ4n) is 2.55. The maximum absolute atomic E-state index is 12.3. The summed E-state index contributed by atoms with van der Waals surface area (Å²) in [5, 5.41) is 0. The van der Waals surface area contributed by atoms with Crippen LogP contribution in [0.2, 0.25) is 0 Å². The lowest BCUT2D eigenvalue weighted by Gasteiger charge is -2.05. The van der Waals surface area contributed by atoms with Crippen molar-refractivity contribution < 1.29 is 14.3 Å². The normalized spacial score (nSPS) is 12.6. The van der Waals surface area contributed by atoms with Crippen LogP contribution in [0.3, 0.4) is 0 Å². The Morgan fingerprint density at radius 3 is 2.76 bits per heavy atom. The second-order valence-electron chi connectivity index (χ2n) is 5.19. The molecule has 0 N–H and O–H groups in total. The molecule has 0 aliphatic carbocycles. The van der Waals surface area contributed by atoms with Crippen LogP contribution >= 0.6 is 0 Å². The lowest BCUT2D eigenvalue weighted by molar-refractivity contribution is 0.0983. The average Bonchev–Trinajstić information content (AvgIpc) is 3.00.